The summed E-state index contributed by atoms with van der Waals surface area (Å²) in [6, 6.07) is 8.90. The molecule has 1 aromatic rings. The van der Waals surface area contributed by atoms with E-state index in [0.717, 1.165) is 5.56 Å². The lowest BCUT2D eigenvalue weighted by Crippen LogP contribution is -2.34. The molecule has 0 amide bonds. The molecule has 5 heteroatoms. The van der Waals surface area contributed by atoms with Crippen LogP contribution in [0.2, 0.25) is 0 Å². The van der Waals surface area contributed by atoms with Crippen LogP contribution in [0.15, 0.2) is 24.3 Å². The molecule has 0 aliphatic rings. The lowest BCUT2D eigenvalue weighted by atomic mass is 10.1. The molecular weight excluding hydrogens is 244 g/mol. The van der Waals surface area contributed by atoms with Gasteiger partial charge in [-0.2, -0.15) is 5.26 Å². The van der Waals surface area contributed by atoms with Gasteiger partial charge in [0.1, 0.15) is 0 Å². The van der Waals surface area contributed by atoms with Gasteiger partial charge in [-0.25, -0.2) is 0 Å². The summed E-state index contributed by atoms with van der Waals surface area (Å²) in [5, 5.41) is 27.8. The van der Waals surface area contributed by atoms with Crippen LogP contribution in [0.25, 0.3) is 0 Å². The standard InChI is InChI=1S/C14H20N2O3/c1-19-9-7-16(6-8-17)11-14(18)13-4-2-12(10-15)3-5-13/h2-5,14,17-18H,6-9,11H2,1H3. The first-order chi connectivity index (χ1) is 9.21. The van der Waals surface area contributed by atoms with Gasteiger partial charge in [-0.15, -0.1) is 0 Å². The highest BCUT2D eigenvalue weighted by atomic mass is 16.5. The number of aliphatic hydroxyl groups is 2. The van der Waals surface area contributed by atoms with E-state index in [1.54, 1.807) is 31.4 Å². The van der Waals surface area contributed by atoms with Crippen LogP contribution in [0.4, 0.5) is 0 Å². The highest BCUT2D eigenvalue weighted by Crippen LogP contribution is 2.15. The molecule has 2 N–H and O–H groups in total. The number of hydrogen-bond donors (Lipinski definition) is 2. The minimum Gasteiger partial charge on any atom is -0.395 e. The molecule has 0 aromatic heterocycles. The molecular formula is C14H20N2O3. The van der Waals surface area contributed by atoms with E-state index < -0.39 is 6.10 Å². The van der Waals surface area contributed by atoms with Crippen LogP contribution in [0.5, 0.6) is 0 Å². The third-order valence-electron chi connectivity index (χ3n) is 2.88. The normalized spacial score (nSPS) is 12.4. The third kappa shape index (κ3) is 5.37. The van der Waals surface area contributed by atoms with Crippen molar-refractivity contribution in [3.63, 3.8) is 0 Å². The zero-order valence-electron chi connectivity index (χ0n) is 11.1. The van der Waals surface area contributed by atoms with Crippen LogP contribution >= 0.6 is 0 Å². The average molecular weight is 264 g/mol. The Morgan fingerprint density at radius 1 is 1.32 bits per heavy atom. The monoisotopic (exact) mass is 264 g/mol. The van der Waals surface area contributed by atoms with Crippen LogP contribution in [0.3, 0.4) is 0 Å². The van der Waals surface area contributed by atoms with E-state index in [0.29, 0.717) is 31.8 Å². The van der Waals surface area contributed by atoms with E-state index in [-0.39, 0.29) is 6.61 Å². The summed E-state index contributed by atoms with van der Waals surface area (Å²) in [6.07, 6.45) is -0.642. The van der Waals surface area contributed by atoms with Gasteiger partial charge in [-0.3, -0.25) is 4.90 Å². The molecule has 0 spiro atoms. The Labute approximate surface area is 113 Å². The molecule has 0 heterocycles. The molecule has 0 fully saturated rings. The van der Waals surface area contributed by atoms with Crippen molar-refractivity contribution in [1.82, 2.24) is 4.90 Å². The summed E-state index contributed by atoms with van der Waals surface area (Å²) in [7, 11) is 1.62. The van der Waals surface area contributed by atoms with Crippen molar-refractivity contribution >= 4 is 0 Å². The van der Waals surface area contributed by atoms with Gasteiger partial charge in [0.25, 0.3) is 0 Å². The lowest BCUT2D eigenvalue weighted by Gasteiger charge is -2.24. The first kappa shape index (κ1) is 15.6. The van der Waals surface area contributed by atoms with Crippen LogP contribution in [-0.2, 0) is 4.74 Å². The first-order valence-electron chi connectivity index (χ1n) is 6.21. The zero-order chi connectivity index (χ0) is 14.1. The van der Waals surface area contributed by atoms with E-state index in [1.807, 2.05) is 11.0 Å². The number of nitrogens with zero attached hydrogens (tertiary/aromatic N) is 2. The minimum atomic E-state index is -0.642. The van der Waals surface area contributed by atoms with E-state index in [4.69, 9.17) is 15.1 Å². The predicted octanol–water partition coefficient (Wildman–Crippen LogP) is 0.532. The second-order valence-electron chi connectivity index (χ2n) is 4.27. The van der Waals surface area contributed by atoms with Crippen LogP contribution in [-0.4, -0.2) is 55.1 Å². The Balaban J connectivity index is 2.59. The van der Waals surface area contributed by atoms with Crippen molar-refractivity contribution in [3.05, 3.63) is 35.4 Å². The maximum Gasteiger partial charge on any atom is 0.0991 e. The van der Waals surface area contributed by atoms with Crippen molar-refractivity contribution < 1.29 is 14.9 Å². The fourth-order valence-corrected chi connectivity index (χ4v) is 1.79. The fourth-order valence-electron chi connectivity index (χ4n) is 1.79. The number of benzene rings is 1. The van der Waals surface area contributed by atoms with E-state index in [1.165, 1.54) is 0 Å². The van der Waals surface area contributed by atoms with Gasteiger partial charge in [-0.1, -0.05) is 12.1 Å². The topological polar surface area (TPSA) is 76.7 Å². The van der Waals surface area contributed by atoms with Gasteiger partial charge in [0.15, 0.2) is 0 Å². The Hall–Kier alpha value is -1.45. The SMILES string of the molecule is COCCN(CCO)CC(O)c1ccc(C#N)cc1. The number of nitriles is 1. The van der Waals surface area contributed by atoms with Gasteiger partial charge < -0.3 is 14.9 Å². The fraction of sp³-hybridized carbons (Fsp3) is 0.500. The minimum absolute atomic E-state index is 0.0454. The van der Waals surface area contributed by atoms with Gasteiger partial charge >= 0.3 is 0 Å². The first-order valence-corrected chi connectivity index (χ1v) is 6.21. The molecule has 5 nitrogen and oxygen atoms in total. The van der Waals surface area contributed by atoms with Crippen molar-refractivity contribution in [1.29, 1.82) is 5.26 Å². The summed E-state index contributed by atoms with van der Waals surface area (Å²) in [5.41, 5.74) is 1.34. The van der Waals surface area contributed by atoms with Gasteiger partial charge in [0.2, 0.25) is 0 Å². The molecule has 0 aliphatic carbocycles. The van der Waals surface area contributed by atoms with Gasteiger partial charge in [0, 0.05) is 26.7 Å². The van der Waals surface area contributed by atoms with Gasteiger partial charge in [-0.05, 0) is 17.7 Å². The Morgan fingerprint density at radius 3 is 2.53 bits per heavy atom. The lowest BCUT2D eigenvalue weighted by molar-refractivity contribution is 0.0779. The van der Waals surface area contributed by atoms with Gasteiger partial charge in [0.05, 0.1) is 31.0 Å². The smallest absolute Gasteiger partial charge is 0.0991 e. The van der Waals surface area contributed by atoms with Crippen LogP contribution in [0.1, 0.15) is 17.2 Å². The van der Waals surface area contributed by atoms with Crippen molar-refractivity contribution in [2.24, 2.45) is 0 Å². The zero-order valence-corrected chi connectivity index (χ0v) is 11.1. The second kappa shape index (κ2) is 8.62. The summed E-state index contributed by atoms with van der Waals surface area (Å²) in [5.74, 6) is 0. The molecule has 1 rings (SSSR count). The number of rotatable bonds is 8. The largest absolute Gasteiger partial charge is 0.395 e. The van der Waals surface area contributed by atoms with Crippen molar-refractivity contribution in [3.8, 4) is 6.07 Å². The number of aliphatic hydroxyl groups excluding tert-OH is 2. The van der Waals surface area contributed by atoms with Crippen molar-refractivity contribution in [2.75, 3.05) is 40.0 Å². The molecule has 0 aliphatic heterocycles. The average Bonchev–Trinajstić information content (AvgIpc) is 2.45. The number of ether oxygens (including phenoxy) is 1. The summed E-state index contributed by atoms with van der Waals surface area (Å²) in [6.45, 7) is 2.18. The molecule has 0 saturated carbocycles. The molecule has 1 aromatic carbocycles. The molecule has 0 bridgehead atoms. The second-order valence-corrected chi connectivity index (χ2v) is 4.27. The van der Waals surface area contributed by atoms with E-state index >= 15 is 0 Å². The van der Waals surface area contributed by atoms with Crippen molar-refractivity contribution in [2.45, 2.75) is 6.10 Å². The Bertz CT molecular complexity index is 400. The Morgan fingerprint density at radius 2 is 2.00 bits per heavy atom. The number of hydrogen-bond acceptors (Lipinski definition) is 5. The third-order valence-corrected chi connectivity index (χ3v) is 2.88. The van der Waals surface area contributed by atoms with E-state index in [2.05, 4.69) is 0 Å². The highest BCUT2D eigenvalue weighted by Gasteiger charge is 2.13. The van der Waals surface area contributed by atoms with Crippen LogP contribution in [0, 0.1) is 11.3 Å². The predicted molar refractivity (Wildman–Crippen MR) is 71.5 cm³/mol. The molecule has 0 saturated heterocycles. The summed E-state index contributed by atoms with van der Waals surface area (Å²) < 4.78 is 5.00. The van der Waals surface area contributed by atoms with Crippen LogP contribution < -0.4 is 0 Å². The Kier molecular flexibility index (Phi) is 7.08. The summed E-state index contributed by atoms with van der Waals surface area (Å²) in [4.78, 5) is 1.94. The molecule has 1 atom stereocenters. The quantitative estimate of drug-likeness (QED) is 0.716. The summed E-state index contributed by atoms with van der Waals surface area (Å²) >= 11 is 0. The molecule has 1 unspecified atom stereocenters. The molecule has 104 valence electrons. The maximum atomic E-state index is 10.1. The number of methoxy groups -OCH3 is 1. The van der Waals surface area contributed by atoms with E-state index in [9.17, 15) is 5.11 Å². The maximum absolute atomic E-state index is 10.1. The highest BCUT2D eigenvalue weighted by molar-refractivity contribution is 5.32. The molecule has 19 heavy (non-hydrogen) atoms. The molecule has 0 radical (unpaired) electrons.